The van der Waals surface area contributed by atoms with Gasteiger partial charge in [-0.2, -0.15) is 10.3 Å². The molecule has 5 nitrogen and oxygen atoms in total. The van der Waals surface area contributed by atoms with Gasteiger partial charge in [-0.1, -0.05) is 31.6 Å². The zero-order chi connectivity index (χ0) is 18.4. The van der Waals surface area contributed by atoms with E-state index in [4.69, 9.17) is 4.99 Å². The fraction of sp³-hybridized carbons (Fsp3) is 0.636. The number of piperidine rings is 1. The quantitative estimate of drug-likeness (QED) is 0.784. The van der Waals surface area contributed by atoms with Crippen molar-refractivity contribution >= 4 is 11.5 Å². The summed E-state index contributed by atoms with van der Waals surface area (Å²) in [5, 5.41) is 13.2. The number of fused-ring (bicyclic) bond motifs is 3. The number of rotatable bonds is 3. The maximum Gasteiger partial charge on any atom is 0.207 e. The van der Waals surface area contributed by atoms with E-state index >= 15 is 0 Å². The average Bonchev–Trinajstić information content (AvgIpc) is 3.43. The summed E-state index contributed by atoms with van der Waals surface area (Å²) in [7, 11) is 0. The summed E-state index contributed by atoms with van der Waals surface area (Å²) in [5.74, 6) is 2.63. The van der Waals surface area contributed by atoms with E-state index in [2.05, 4.69) is 59.1 Å². The Labute approximate surface area is 161 Å². The van der Waals surface area contributed by atoms with Crippen molar-refractivity contribution < 1.29 is 0 Å². The standard InChI is InChI=1S/C22H28N5/c1-2-22(20-25-17-6-3-4-7-18(17)26-20)10-5-11-27(21(22)24-14-23)19-13-15-8-9-16(19)12-15/h3-4,6-7,10,15-17,19-20,25H,2,5,8-9,11-13H2,1H3. The molecule has 2 bridgehead atoms. The zero-order valence-electron chi connectivity index (χ0n) is 16.0. The molecule has 0 aromatic heterocycles. The summed E-state index contributed by atoms with van der Waals surface area (Å²) in [6, 6.07) is 0.740. The number of nitriles is 1. The van der Waals surface area contributed by atoms with Crippen LogP contribution in [0, 0.1) is 35.1 Å². The third kappa shape index (κ3) is 2.61. The molecule has 2 aliphatic heterocycles. The van der Waals surface area contributed by atoms with Gasteiger partial charge in [-0.25, -0.2) is 0 Å². The van der Waals surface area contributed by atoms with Gasteiger partial charge in [-0.3, -0.25) is 10.3 Å². The maximum absolute atomic E-state index is 9.53. The highest BCUT2D eigenvalue weighted by Gasteiger charge is 2.53. The topological polar surface area (TPSA) is 63.8 Å². The van der Waals surface area contributed by atoms with Crippen molar-refractivity contribution in [2.24, 2.45) is 27.2 Å². The Kier molecular flexibility index (Phi) is 4.20. The maximum atomic E-state index is 9.53. The van der Waals surface area contributed by atoms with Gasteiger partial charge in [-0.05, 0) is 56.4 Å². The summed E-state index contributed by atoms with van der Waals surface area (Å²) in [5.41, 5.74) is 0.791. The highest BCUT2D eigenvalue weighted by molar-refractivity contribution is 6.04. The monoisotopic (exact) mass is 362 g/mol. The first-order chi connectivity index (χ1) is 13.2. The molecule has 1 N–H and O–H groups in total. The first-order valence-corrected chi connectivity index (χ1v) is 10.5. The molecule has 0 aromatic carbocycles. The van der Waals surface area contributed by atoms with Crippen LogP contribution in [0.15, 0.2) is 34.3 Å². The van der Waals surface area contributed by atoms with Gasteiger partial charge in [0.25, 0.3) is 0 Å². The number of likely N-dealkylation sites (tertiary alicyclic amines) is 1. The van der Waals surface area contributed by atoms with E-state index in [1.165, 1.54) is 25.7 Å². The van der Waals surface area contributed by atoms with Gasteiger partial charge in [0.2, 0.25) is 6.19 Å². The van der Waals surface area contributed by atoms with Crippen molar-refractivity contribution in [2.45, 2.75) is 63.7 Å². The molecule has 5 heteroatoms. The largest absolute Gasteiger partial charge is 0.355 e. The van der Waals surface area contributed by atoms with Crippen molar-refractivity contribution in [1.29, 1.82) is 5.26 Å². The normalized spacial score (nSPS) is 43.9. The molecule has 3 aliphatic carbocycles. The molecular weight excluding hydrogens is 334 g/mol. The lowest BCUT2D eigenvalue weighted by Crippen LogP contribution is -2.60. The van der Waals surface area contributed by atoms with Crippen molar-refractivity contribution in [3.05, 3.63) is 30.7 Å². The van der Waals surface area contributed by atoms with Gasteiger partial charge in [0.05, 0.1) is 17.2 Å². The number of hydrogen-bond acceptors (Lipinski definition) is 4. The molecule has 6 atom stereocenters. The molecule has 2 saturated carbocycles. The van der Waals surface area contributed by atoms with Crippen molar-refractivity contribution in [3.63, 3.8) is 0 Å². The van der Waals surface area contributed by atoms with E-state index in [0.717, 1.165) is 42.8 Å². The Morgan fingerprint density at radius 1 is 1.37 bits per heavy atom. The molecule has 0 spiro atoms. The highest BCUT2D eigenvalue weighted by atomic mass is 15.3. The molecule has 5 rings (SSSR count). The summed E-state index contributed by atoms with van der Waals surface area (Å²) in [4.78, 5) is 12.0. The van der Waals surface area contributed by atoms with Crippen molar-refractivity contribution in [2.75, 3.05) is 6.54 Å². The summed E-state index contributed by atoms with van der Waals surface area (Å²) < 4.78 is 0. The molecule has 141 valence electrons. The van der Waals surface area contributed by atoms with Gasteiger partial charge >= 0.3 is 0 Å². The fourth-order valence-corrected chi connectivity index (χ4v) is 6.20. The van der Waals surface area contributed by atoms with Crippen LogP contribution < -0.4 is 5.32 Å². The smallest absolute Gasteiger partial charge is 0.207 e. The molecular formula is C22H28N5. The number of amidine groups is 1. The fourth-order valence-electron chi connectivity index (χ4n) is 6.20. The molecule has 5 aliphatic rings. The van der Waals surface area contributed by atoms with Gasteiger partial charge in [0.1, 0.15) is 12.0 Å². The SMILES string of the molecule is CCC1(C2N=C3C=CC=CC3N2)[CH]CCN(C2CC3CCC2C3)C1=NC#N. The summed E-state index contributed by atoms with van der Waals surface area (Å²) in [6.45, 7) is 3.20. The van der Waals surface area contributed by atoms with Crippen molar-refractivity contribution in [3.8, 4) is 6.19 Å². The third-order valence-corrected chi connectivity index (χ3v) is 7.51. The average molecular weight is 363 g/mol. The lowest BCUT2D eigenvalue weighted by atomic mass is 9.72. The van der Waals surface area contributed by atoms with Crippen LogP contribution in [0.3, 0.4) is 0 Å². The van der Waals surface area contributed by atoms with Crippen LogP contribution in [0.5, 0.6) is 0 Å². The highest BCUT2D eigenvalue weighted by Crippen LogP contribution is 2.50. The lowest BCUT2D eigenvalue weighted by Gasteiger charge is -2.49. The van der Waals surface area contributed by atoms with Crippen LogP contribution >= 0.6 is 0 Å². The van der Waals surface area contributed by atoms with Gasteiger partial charge in [-0.15, -0.1) is 0 Å². The second kappa shape index (κ2) is 6.60. The number of nitrogens with zero attached hydrogens (tertiary/aromatic N) is 4. The predicted octanol–water partition coefficient (Wildman–Crippen LogP) is 3.23. The molecule has 0 aromatic rings. The Morgan fingerprint density at radius 2 is 2.30 bits per heavy atom. The Hall–Kier alpha value is -1.93. The van der Waals surface area contributed by atoms with E-state index in [-0.39, 0.29) is 17.6 Å². The van der Waals surface area contributed by atoms with E-state index in [1.807, 2.05) is 0 Å². The lowest BCUT2D eigenvalue weighted by molar-refractivity contribution is 0.170. The minimum Gasteiger partial charge on any atom is -0.355 e. The van der Waals surface area contributed by atoms with Gasteiger partial charge in [0.15, 0.2) is 0 Å². The van der Waals surface area contributed by atoms with Crippen LogP contribution in [0.2, 0.25) is 0 Å². The number of allylic oxidation sites excluding steroid dienone is 2. The number of aliphatic imine (C=N–C) groups is 2. The Balaban J connectivity index is 1.50. The zero-order valence-corrected chi connectivity index (χ0v) is 16.0. The Morgan fingerprint density at radius 3 is 3.00 bits per heavy atom. The van der Waals surface area contributed by atoms with E-state index < -0.39 is 0 Å². The molecule has 3 fully saturated rings. The molecule has 0 amide bonds. The van der Waals surface area contributed by atoms with Crippen molar-refractivity contribution in [1.82, 2.24) is 10.2 Å². The third-order valence-electron chi connectivity index (χ3n) is 7.51. The first-order valence-electron chi connectivity index (χ1n) is 10.5. The van der Waals surface area contributed by atoms with Crippen LogP contribution in [-0.4, -0.2) is 41.2 Å². The minimum absolute atomic E-state index is 0.0524. The summed E-state index contributed by atoms with van der Waals surface area (Å²) in [6.07, 6.45) is 20.2. The van der Waals surface area contributed by atoms with Crippen LogP contribution in [0.25, 0.3) is 0 Å². The van der Waals surface area contributed by atoms with Crippen LogP contribution in [-0.2, 0) is 0 Å². The Bertz CT molecular complexity index is 772. The number of nitrogens with one attached hydrogen (secondary N) is 1. The van der Waals surface area contributed by atoms with E-state index in [9.17, 15) is 5.26 Å². The number of hydrogen-bond donors (Lipinski definition) is 1. The molecule has 2 heterocycles. The summed E-state index contributed by atoms with van der Waals surface area (Å²) >= 11 is 0. The molecule has 1 saturated heterocycles. The van der Waals surface area contributed by atoms with Gasteiger partial charge in [0, 0.05) is 12.6 Å². The van der Waals surface area contributed by atoms with Gasteiger partial charge < -0.3 is 4.90 Å². The molecule has 1 radical (unpaired) electrons. The minimum atomic E-state index is -0.304. The van der Waals surface area contributed by atoms with Crippen LogP contribution in [0.4, 0.5) is 0 Å². The second-order valence-corrected chi connectivity index (χ2v) is 8.70. The molecule has 6 unspecified atom stereocenters. The second-order valence-electron chi connectivity index (χ2n) is 8.70. The van der Waals surface area contributed by atoms with E-state index in [0.29, 0.717) is 6.04 Å². The first kappa shape index (κ1) is 17.2. The molecule has 27 heavy (non-hydrogen) atoms. The predicted molar refractivity (Wildman–Crippen MR) is 107 cm³/mol. The van der Waals surface area contributed by atoms with E-state index in [1.54, 1.807) is 0 Å². The van der Waals surface area contributed by atoms with Crippen LogP contribution in [0.1, 0.15) is 45.4 Å².